The Morgan fingerprint density at radius 2 is 0.667 bits per heavy atom. The summed E-state index contributed by atoms with van der Waals surface area (Å²) in [5.74, 6) is -0.947. The Labute approximate surface area is 369 Å². The number of unbranched alkanes of at least 4 members (excludes halogenated alkanes) is 18. The molecular formula is C54H90O6. The first kappa shape index (κ1) is 56.6. The number of hydrogen-bond donors (Lipinski definition) is 0. The predicted octanol–water partition coefficient (Wildman–Crippen LogP) is 16.0. The summed E-state index contributed by atoms with van der Waals surface area (Å²) in [6.07, 6.45) is 61.4. The topological polar surface area (TPSA) is 78.9 Å². The zero-order valence-electron chi connectivity index (χ0n) is 38.9. The van der Waals surface area contributed by atoms with Crippen LogP contribution in [0.5, 0.6) is 0 Å². The SMILES string of the molecule is CC/C=C\C/C=C\C/C=C\C/C=C\C/C=C\CCCCCC(=O)OC[C@@H](COC(=O)CCCCCCCCCCC)OC(=O)CCCCCCC/C=C\C/C=C\CCCC. The van der Waals surface area contributed by atoms with E-state index in [0.29, 0.717) is 19.3 Å². The van der Waals surface area contributed by atoms with E-state index in [0.717, 1.165) is 122 Å². The first-order valence-corrected chi connectivity index (χ1v) is 24.6. The van der Waals surface area contributed by atoms with Gasteiger partial charge in [-0.3, -0.25) is 14.4 Å². The molecule has 0 rings (SSSR count). The first-order valence-electron chi connectivity index (χ1n) is 24.6. The van der Waals surface area contributed by atoms with Gasteiger partial charge in [0.25, 0.3) is 0 Å². The Bertz CT molecular complexity index is 1190. The highest BCUT2D eigenvalue weighted by Crippen LogP contribution is 2.13. The van der Waals surface area contributed by atoms with Gasteiger partial charge in [-0.1, -0.05) is 196 Å². The maximum Gasteiger partial charge on any atom is 0.306 e. The van der Waals surface area contributed by atoms with Crippen LogP contribution in [0.4, 0.5) is 0 Å². The molecule has 6 heteroatoms. The average molecular weight is 835 g/mol. The number of allylic oxidation sites excluding steroid dienone is 14. The van der Waals surface area contributed by atoms with Crippen molar-refractivity contribution >= 4 is 17.9 Å². The number of rotatable bonds is 43. The molecule has 0 N–H and O–H groups in total. The lowest BCUT2D eigenvalue weighted by Gasteiger charge is -2.18. The molecule has 60 heavy (non-hydrogen) atoms. The molecule has 0 aromatic rings. The fourth-order valence-corrected chi connectivity index (χ4v) is 6.42. The molecule has 0 saturated heterocycles. The lowest BCUT2D eigenvalue weighted by atomic mass is 10.1. The summed E-state index contributed by atoms with van der Waals surface area (Å²) in [5, 5.41) is 0. The second kappa shape index (κ2) is 48.3. The Morgan fingerprint density at radius 3 is 1.08 bits per heavy atom. The van der Waals surface area contributed by atoms with Crippen molar-refractivity contribution in [2.75, 3.05) is 13.2 Å². The molecule has 1 atom stereocenters. The highest BCUT2D eigenvalue weighted by Gasteiger charge is 2.19. The van der Waals surface area contributed by atoms with Crippen LogP contribution in [0.25, 0.3) is 0 Å². The van der Waals surface area contributed by atoms with Crippen molar-refractivity contribution in [2.45, 2.75) is 226 Å². The average Bonchev–Trinajstić information content (AvgIpc) is 3.24. The van der Waals surface area contributed by atoms with Gasteiger partial charge in [-0.05, 0) is 89.9 Å². The van der Waals surface area contributed by atoms with E-state index in [1.54, 1.807) is 0 Å². The van der Waals surface area contributed by atoms with Crippen molar-refractivity contribution < 1.29 is 28.6 Å². The van der Waals surface area contributed by atoms with Gasteiger partial charge in [0.2, 0.25) is 0 Å². The van der Waals surface area contributed by atoms with Gasteiger partial charge in [0.05, 0.1) is 0 Å². The normalized spacial score (nSPS) is 12.8. The summed E-state index contributed by atoms with van der Waals surface area (Å²) in [6.45, 7) is 6.41. The first-order chi connectivity index (χ1) is 29.5. The van der Waals surface area contributed by atoms with E-state index in [9.17, 15) is 14.4 Å². The molecule has 0 aromatic heterocycles. The second-order valence-electron chi connectivity index (χ2n) is 16.0. The summed E-state index contributed by atoms with van der Waals surface area (Å²) in [5.41, 5.74) is 0. The van der Waals surface area contributed by atoms with E-state index >= 15 is 0 Å². The van der Waals surface area contributed by atoms with Crippen LogP contribution >= 0.6 is 0 Å². The van der Waals surface area contributed by atoms with Crippen LogP contribution in [-0.4, -0.2) is 37.2 Å². The van der Waals surface area contributed by atoms with Gasteiger partial charge < -0.3 is 14.2 Å². The zero-order chi connectivity index (χ0) is 43.7. The molecule has 0 radical (unpaired) electrons. The van der Waals surface area contributed by atoms with E-state index in [1.165, 1.54) is 57.8 Å². The number of ether oxygens (including phenoxy) is 3. The number of carbonyl (C=O) groups is 3. The van der Waals surface area contributed by atoms with E-state index in [1.807, 2.05) is 0 Å². The van der Waals surface area contributed by atoms with Gasteiger partial charge in [-0.2, -0.15) is 0 Å². The lowest BCUT2D eigenvalue weighted by molar-refractivity contribution is -0.167. The zero-order valence-corrected chi connectivity index (χ0v) is 38.9. The third-order valence-corrected chi connectivity index (χ3v) is 10.1. The van der Waals surface area contributed by atoms with E-state index in [4.69, 9.17) is 14.2 Å². The van der Waals surface area contributed by atoms with Gasteiger partial charge in [-0.15, -0.1) is 0 Å². The van der Waals surface area contributed by atoms with E-state index < -0.39 is 6.10 Å². The highest BCUT2D eigenvalue weighted by molar-refractivity contribution is 5.71. The number of carbonyl (C=O) groups excluding carboxylic acids is 3. The lowest BCUT2D eigenvalue weighted by Crippen LogP contribution is -2.30. The minimum absolute atomic E-state index is 0.0927. The molecule has 0 unspecified atom stereocenters. The molecule has 0 heterocycles. The Morgan fingerprint density at radius 1 is 0.350 bits per heavy atom. The number of esters is 3. The van der Waals surface area contributed by atoms with Crippen molar-refractivity contribution in [2.24, 2.45) is 0 Å². The third-order valence-electron chi connectivity index (χ3n) is 10.1. The Balaban J connectivity index is 4.42. The summed E-state index contributed by atoms with van der Waals surface area (Å²) < 4.78 is 16.7. The molecule has 342 valence electrons. The Hall–Kier alpha value is -3.41. The molecule has 0 aliphatic carbocycles. The van der Waals surface area contributed by atoms with Crippen LogP contribution in [0.1, 0.15) is 220 Å². The van der Waals surface area contributed by atoms with E-state index in [2.05, 4.69) is 106 Å². The molecule has 0 spiro atoms. The fourth-order valence-electron chi connectivity index (χ4n) is 6.42. The standard InChI is InChI=1S/C54H90O6/c1-4-7-10-13-16-19-21-23-25-26-27-28-29-31-32-35-38-41-44-47-53(56)59-50-51(49-58-52(55)46-43-40-37-34-18-15-12-9-6-3)60-54(57)48-45-42-39-36-33-30-24-22-20-17-14-11-8-5-2/h7,10,14,16-17,19,22-25,27-28,31-32,51H,4-6,8-9,11-13,15,18,20-21,26,29-30,33-50H2,1-3H3/b10-7-,17-14-,19-16-,24-22-,25-23-,28-27-,32-31-/t51-/m1/s1. The van der Waals surface area contributed by atoms with Crippen molar-refractivity contribution in [3.05, 3.63) is 85.1 Å². The van der Waals surface area contributed by atoms with Gasteiger partial charge in [0, 0.05) is 19.3 Å². The number of hydrogen-bond acceptors (Lipinski definition) is 6. The van der Waals surface area contributed by atoms with Gasteiger partial charge in [0.1, 0.15) is 13.2 Å². The second-order valence-corrected chi connectivity index (χ2v) is 16.0. The third kappa shape index (κ3) is 45.7. The van der Waals surface area contributed by atoms with Crippen LogP contribution in [0.3, 0.4) is 0 Å². The molecule has 0 aliphatic rings. The van der Waals surface area contributed by atoms with Crippen molar-refractivity contribution in [1.82, 2.24) is 0 Å². The van der Waals surface area contributed by atoms with Crippen molar-refractivity contribution in [1.29, 1.82) is 0 Å². The minimum Gasteiger partial charge on any atom is -0.462 e. The van der Waals surface area contributed by atoms with Crippen LogP contribution in [0, 0.1) is 0 Å². The molecule has 0 aliphatic heterocycles. The van der Waals surface area contributed by atoms with Gasteiger partial charge in [-0.25, -0.2) is 0 Å². The van der Waals surface area contributed by atoms with Gasteiger partial charge in [0.15, 0.2) is 6.10 Å². The predicted molar refractivity (Wildman–Crippen MR) is 256 cm³/mol. The molecule has 0 bridgehead atoms. The maximum absolute atomic E-state index is 12.7. The molecule has 0 amide bonds. The van der Waals surface area contributed by atoms with Crippen LogP contribution < -0.4 is 0 Å². The minimum atomic E-state index is -0.794. The Kier molecular flexibility index (Phi) is 45.5. The van der Waals surface area contributed by atoms with E-state index in [-0.39, 0.29) is 31.1 Å². The van der Waals surface area contributed by atoms with Crippen LogP contribution in [-0.2, 0) is 28.6 Å². The summed E-state index contributed by atoms with van der Waals surface area (Å²) >= 11 is 0. The summed E-state index contributed by atoms with van der Waals surface area (Å²) in [4.78, 5) is 37.8. The smallest absolute Gasteiger partial charge is 0.306 e. The molecule has 0 fully saturated rings. The quantitative estimate of drug-likeness (QED) is 0.0263. The molecular weight excluding hydrogens is 745 g/mol. The van der Waals surface area contributed by atoms with Crippen LogP contribution in [0.2, 0.25) is 0 Å². The molecule has 6 nitrogen and oxygen atoms in total. The largest absolute Gasteiger partial charge is 0.462 e. The summed E-state index contributed by atoms with van der Waals surface area (Å²) in [6, 6.07) is 0. The summed E-state index contributed by atoms with van der Waals surface area (Å²) in [7, 11) is 0. The maximum atomic E-state index is 12.7. The molecule has 0 aromatic carbocycles. The van der Waals surface area contributed by atoms with Crippen molar-refractivity contribution in [3.63, 3.8) is 0 Å². The fraction of sp³-hybridized carbons (Fsp3) is 0.685. The monoisotopic (exact) mass is 835 g/mol. The van der Waals surface area contributed by atoms with Gasteiger partial charge >= 0.3 is 17.9 Å². The van der Waals surface area contributed by atoms with Crippen LogP contribution in [0.15, 0.2) is 85.1 Å². The highest BCUT2D eigenvalue weighted by atomic mass is 16.6. The molecule has 0 saturated carbocycles. The van der Waals surface area contributed by atoms with Crippen molar-refractivity contribution in [3.8, 4) is 0 Å².